The van der Waals surface area contributed by atoms with Crippen LogP contribution in [0.15, 0.2) is 0 Å². The van der Waals surface area contributed by atoms with Crippen molar-refractivity contribution in [2.24, 2.45) is 73.9 Å². The van der Waals surface area contributed by atoms with E-state index in [9.17, 15) is 0 Å². The minimum Gasteiger partial charge on any atom is -0.373 e. The van der Waals surface area contributed by atoms with Gasteiger partial charge in [0.2, 0.25) is 0 Å². The maximum absolute atomic E-state index is 8.83. The van der Waals surface area contributed by atoms with Crippen LogP contribution in [0.4, 0.5) is 0 Å². The van der Waals surface area contributed by atoms with Gasteiger partial charge in [0.25, 0.3) is 0 Å². The Kier molecular flexibility index (Phi) is 48.1. The number of thiol groups is 12. The maximum Gasteiger partial charge on any atom is 0.518 e. The van der Waals surface area contributed by atoms with Gasteiger partial charge in [-0.3, -0.25) is 0 Å². The molecule has 12 aliphatic carbocycles. The van der Waals surface area contributed by atoms with Gasteiger partial charge in [0.05, 0.1) is 35.0 Å². The lowest BCUT2D eigenvalue weighted by atomic mass is 9.80. The Morgan fingerprint density at radius 3 is 0.520 bits per heavy atom. The van der Waals surface area contributed by atoms with Crippen LogP contribution in [0, 0.1) is 73.9 Å². The summed E-state index contributed by atoms with van der Waals surface area (Å²) in [5.74, 6) is 0.299. The lowest BCUT2D eigenvalue weighted by Crippen LogP contribution is -2.87. The standard InChI is InChI=1S/C100H202O18S24Si6/c1-28-79(26)53-66-93(138(126,132-120)95(74-81-55-61-88(95,30-3)68-81)144(104-38-11,105-39-12)106-40-13,139(127,133-121)96(75-82-56-62-89(96,31-4)69-82)145(107-41-14,108-42-15)109-43-16)86(27,137(125,131-119)94(73-80-54-60-87(94,29-2)67-80)143(101-35-8,102-36-9)103-37-10)100(140(128,134-122)97(76-83-57-63-90(97,32-5)70-83)146(110-44-17,111-45-18)112-46-19,141(129,135-123)98(77-84-58-64-91(98,33-6)71-84)147(113-47-20,114-48-21)115-49-22)142(130,136-124)99(78-85-59-65-92(99,34-7)72-85)148(116-50-23,117-51-24)118-52-25/h79-85,119-130H,28-78H2,1-27H3. The summed E-state index contributed by atoms with van der Waals surface area (Å²) in [6.07, 6.45) is 24.4. The van der Waals surface area contributed by atoms with Crippen molar-refractivity contribution in [3.63, 3.8) is 0 Å². The zero-order chi connectivity index (χ0) is 110. The zero-order valence-electron chi connectivity index (χ0n) is 95.2. The summed E-state index contributed by atoms with van der Waals surface area (Å²) in [7, 11) is -43.9. The van der Waals surface area contributed by atoms with Crippen molar-refractivity contribution in [3.05, 3.63) is 0 Å². The summed E-state index contributed by atoms with van der Waals surface area (Å²) >= 11 is 94.2. The SMILES string of the molecule is CCO[Si](OCC)(OCC)C1(S(S)(SS)C(C)(C(CCC(C)CC)(S(S)(SS)C2([Si](OCC)(OCC)OCC)CC3CCC2(CC)C3)S(S)(SS)C2([Si](OCC)(OCC)OCC)CC3CCC2(CC)C3)C(S(S)(SS)C2([Si](OCC)(OCC)OCC)CC3CCC2(CC)C3)(S(S)(SS)C2([Si](OCC)(OCC)OCC)CC3CCC2(CC)C3)S(S)(SS)C2([Si](OCC)(OCC)OCC)CC3CCC2(CC)C3)CC2CCC1(CC)C2. The Morgan fingerprint density at radius 1 is 0.243 bits per heavy atom. The van der Waals surface area contributed by atoms with E-state index in [-0.39, 0.29) is 160 Å². The van der Waals surface area contributed by atoms with E-state index in [0.29, 0.717) is 89.9 Å². The highest BCUT2D eigenvalue weighted by Crippen LogP contribution is 3.21. The lowest BCUT2D eigenvalue weighted by molar-refractivity contribution is 0.0323. The second kappa shape index (κ2) is 52.6. The van der Waals surface area contributed by atoms with E-state index in [0.717, 1.165) is 122 Å². The van der Waals surface area contributed by atoms with E-state index < -0.39 is 172 Å². The van der Waals surface area contributed by atoms with Crippen molar-refractivity contribution < 1.29 is 79.7 Å². The van der Waals surface area contributed by atoms with Crippen molar-refractivity contribution >= 4 is 300 Å². The summed E-state index contributed by atoms with van der Waals surface area (Å²) in [6.45, 7) is 66.8. The maximum atomic E-state index is 8.83. The highest BCUT2D eigenvalue weighted by Gasteiger charge is 3.05. The molecule has 0 aromatic heterocycles. The number of hydrogen-bond acceptors (Lipinski definition) is 36. The molecule has 26 unspecified atom stereocenters. The molecule has 12 fully saturated rings. The van der Waals surface area contributed by atoms with Crippen LogP contribution in [-0.4, -0.2) is 210 Å². The third-order valence-electron chi connectivity index (χ3n) is 40.9. The van der Waals surface area contributed by atoms with Gasteiger partial charge >= 0.3 is 52.8 Å². The average Bonchev–Trinajstić information content (AvgIpc) is 1.15. The molecular formula is C100H202O18S24Si6. The lowest BCUT2D eigenvalue weighted by Gasteiger charge is -2.91. The van der Waals surface area contributed by atoms with Gasteiger partial charge < -0.3 is 79.7 Å². The van der Waals surface area contributed by atoms with Crippen molar-refractivity contribution in [1.82, 2.24) is 0 Å². The van der Waals surface area contributed by atoms with Gasteiger partial charge in [0, 0.05) is 119 Å². The van der Waals surface area contributed by atoms with Gasteiger partial charge in [-0.15, -0.1) is 164 Å². The fraction of sp³-hybridized carbons (Fsp3) is 1.00. The molecule has 878 valence electrons. The Hall–Kier alpha value is 8.98. The Labute approximate surface area is 998 Å². The van der Waals surface area contributed by atoms with E-state index in [1.807, 2.05) is 0 Å². The minimum absolute atomic E-state index is 0.0395. The largest absolute Gasteiger partial charge is 0.518 e. The van der Waals surface area contributed by atoms with Crippen molar-refractivity contribution in [1.29, 1.82) is 0 Å². The predicted molar refractivity (Wildman–Crippen MR) is 710 cm³/mol. The Balaban J connectivity index is 1.80. The molecule has 0 aromatic carbocycles. The molecule has 0 amide bonds. The molecule has 0 spiro atoms. The summed E-state index contributed by atoms with van der Waals surface area (Å²) in [6, 6.07) is 0. The first kappa shape index (κ1) is 135. The van der Waals surface area contributed by atoms with Crippen LogP contribution >= 0.6 is 247 Å². The van der Waals surface area contributed by atoms with Gasteiger partial charge in [0.15, 0.2) is 0 Å². The van der Waals surface area contributed by atoms with Gasteiger partial charge in [-0.25, -0.2) is 0 Å². The number of fused-ring (bicyclic) bond motifs is 12. The predicted octanol–water partition coefficient (Wildman–Crippen LogP) is 35.3. The number of hydrogen-bond donors (Lipinski definition) is 12. The van der Waals surface area contributed by atoms with Crippen LogP contribution in [0.5, 0.6) is 0 Å². The first-order valence-corrected chi connectivity index (χ1v) is 98.0. The molecular weight excluding hydrogens is 2430 g/mol. The fourth-order valence-corrected chi connectivity index (χ4v) is 190. The third kappa shape index (κ3) is 17.8. The molecule has 148 heavy (non-hydrogen) atoms. The molecule has 12 bridgehead atoms. The van der Waals surface area contributed by atoms with E-state index >= 15 is 0 Å². The minimum atomic E-state index is -4.95. The van der Waals surface area contributed by atoms with E-state index in [1.54, 1.807) is 59.0 Å². The molecule has 0 aliphatic heterocycles. The molecule has 48 heteroatoms. The van der Waals surface area contributed by atoms with Crippen molar-refractivity contribution in [2.75, 3.05) is 119 Å². The third-order valence-corrected chi connectivity index (χ3v) is 157. The Bertz CT molecular complexity index is 3940. The van der Waals surface area contributed by atoms with Gasteiger partial charge in [0.1, 0.15) is 3.41 Å². The highest BCUT2D eigenvalue weighted by atomic mass is 33.8. The quantitative estimate of drug-likeness (QED) is 0.0158. The molecule has 12 saturated carbocycles. The molecule has 0 aromatic rings. The van der Waals surface area contributed by atoms with Gasteiger partial charge in [-0.05, 0) is 470 Å². The zero-order valence-corrected chi connectivity index (χ0v) is 122. The summed E-state index contributed by atoms with van der Waals surface area (Å²) < 4.78 is 144. The summed E-state index contributed by atoms with van der Waals surface area (Å²) in [5, 5.41) is 0. The van der Waals surface area contributed by atoms with E-state index in [4.69, 9.17) is 220 Å². The van der Waals surface area contributed by atoms with Crippen LogP contribution in [0.1, 0.15) is 399 Å². The molecule has 12 rings (SSSR count). The van der Waals surface area contributed by atoms with Crippen LogP contribution in [0.25, 0.3) is 0 Å². The second-order valence-electron chi connectivity index (χ2n) is 44.8. The van der Waals surface area contributed by atoms with Crippen molar-refractivity contribution in [2.45, 2.75) is 437 Å². The molecule has 0 saturated heterocycles. The second-order valence-corrected chi connectivity index (χ2v) is 114. The van der Waals surface area contributed by atoms with Gasteiger partial charge in [-0.1, -0.05) is 86.1 Å². The van der Waals surface area contributed by atoms with Crippen molar-refractivity contribution in [3.8, 4) is 0 Å². The summed E-state index contributed by atoms with van der Waals surface area (Å²) in [4.78, 5) is 0. The molecule has 0 radical (unpaired) electrons. The normalized spacial score (nSPS) is 38.2. The first-order valence-electron chi connectivity index (χ1n) is 57.3. The van der Waals surface area contributed by atoms with E-state index in [2.05, 4.69) is 187 Å². The summed E-state index contributed by atoms with van der Waals surface area (Å²) in [5.41, 5.74) is -4.71. The topological polar surface area (TPSA) is 166 Å². The molecule has 18 nitrogen and oxygen atoms in total. The fourth-order valence-electron chi connectivity index (χ4n) is 36.5. The van der Waals surface area contributed by atoms with Crippen LogP contribution in [0.2, 0.25) is 0 Å². The average molecular weight is 2630 g/mol. The van der Waals surface area contributed by atoms with E-state index in [1.165, 1.54) is 0 Å². The highest BCUT2D eigenvalue weighted by molar-refractivity contribution is 9.50. The first-order chi connectivity index (χ1) is 70.5. The van der Waals surface area contributed by atoms with Crippen LogP contribution in [-0.2, 0) is 79.7 Å². The number of rotatable bonds is 72. The molecule has 26 atom stereocenters. The molecule has 0 N–H and O–H groups in total. The van der Waals surface area contributed by atoms with Crippen LogP contribution in [0.3, 0.4) is 0 Å². The monoisotopic (exact) mass is 2630 g/mol. The van der Waals surface area contributed by atoms with Crippen LogP contribution < -0.4 is 0 Å². The Morgan fingerprint density at radius 2 is 0.392 bits per heavy atom. The smallest absolute Gasteiger partial charge is 0.373 e. The molecule has 12 aliphatic rings. The van der Waals surface area contributed by atoms with Gasteiger partial charge in [-0.2, -0.15) is 0 Å². The molecule has 0 heterocycles.